The number of carbonyl (C=O) groups excluding carboxylic acids is 1. The summed E-state index contributed by atoms with van der Waals surface area (Å²) in [6, 6.07) is 0. The van der Waals surface area contributed by atoms with Crippen molar-refractivity contribution in [1.82, 2.24) is 4.98 Å². The first kappa shape index (κ1) is 31.3. The second-order valence-corrected chi connectivity index (χ2v) is 14.3. The van der Waals surface area contributed by atoms with E-state index in [-0.39, 0.29) is 22.9 Å². The van der Waals surface area contributed by atoms with Crippen LogP contribution in [-0.2, 0) is 14.9 Å². The standard InChI is InChI=1S/C36H53NO5/c1-6-7-10-33(40)42-32(36(18-19-36)34-37-24(3)22-41-34)16-11-23(2)29-14-15-30-26(9-8-17-35(29,30)5)12-13-27-20-28(38)21-31(39)25(27)4/h12-13,22-23,28-32,38-39H,4,6-11,14-21H2,1-3,5H3/b26-12+,27-13-/t23-,28-,29-,30+,31+,32-,35-/m1/s1. The number of unbranched alkanes of at least 4 members (excludes halogenated alkanes) is 1. The molecule has 1 aromatic heterocycles. The van der Waals surface area contributed by atoms with Crippen LogP contribution in [0.4, 0.5) is 0 Å². The highest BCUT2D eigenvalue weighted by atomic mass is 16.5. The highest BCUT2D eigenvalue weighted by Crippen LogP contribution is 2.60. The number of carbonyl (C=O) groups is 1. The Morgan fingerprint density at radius 1 is 1.24 bits per heavy atom. The maximum Gasteiger partial charge on any atom is 0.306 e. The number of rotatable bonds is 11. The van der Waals surface area contributed by atoms with E-state index in [1.165, 1.54) is 31.3 Å². The van der Waals surface area contributed by atoms with Crippen LogP contribution in [0.15, 0.2) is 46.1 Å². The van der Waals surface area contributed by atoms with Crippen molar-refractivity contribution in [1.29, 1.82) is 0 Å². The number of esters is 1. The molecule has 4 aliphatic rings. The third-order valence-corrected chi connectivity index (χ3v) is 11.3. The van der Waals surface area contributed by atoms with E-state index in [1.807, 2.05) is 6.92 Å². The minimum atomic E-state index is -0.649. The van der Waals surface area contributed by atoms with E-state index in [0.29, 0.717) is 37.0 Å². The number of fused-ring (bicyclic) bond motifs is 1. The van der Waals surface area contributed by atoms with Crippen LogP contribution in [0.5, 0.6) is 0 Å². The first-order chi connectivity index (χ1) is 20.1. The summed E-state index contributed by atoms with van der Waals surface area (Å²) in [6.45, 7) is 13.1. The molecule has 232 valence electrons. The number of oxazole rings is 1. The van der Waals surface area contributed by atoms with Gasteiger partial charge in [0.1, 0.15) is 12.4 Å². The molecular formula is C36H53NO5. The molecule has 0 aliphatic heterocycles. The zero-order valence-corrected chi connectivity index (χ0v) is 26.4. The molecule has 1 aromatic rings. The van der Waals surface area contributed by atoms with Gasteiger partial charge in [-0.15, -0.1) is 0 Å². The van der Waals surface area contributed by atoms with Crippen LogP contribution in [0.1, 0.15) is 122 Å². The van der Waals surface area contributed by atoms with Crippen molar-refractivity contribution in [3.05, 3.63) is 53.3 Å². The van der Waals surface area contributed by atoms with Crippen molar-refractivity contribution in [2.45, 2.75) is 141 Å². The minimum Gasteiger partial charge on any atom is -0.461 e. The van der Waals surface area contributed by atoms with Crippen LogP contribution in [0.2, 0.25) is 0 Å². The Bertz CT molecular complexity index is 1190. The molecule has 4 aliphatic carbocycles. The molecule has 0 saturated heterocycles. The summed E-state index contributed by atoms with van der Waals surface area (Å²) in [7, 11) is 0. The van der Waals surface area contributed by atoms with Gasteiger partial charge in [0.25, 0.3) is 0 Å². The molecule has 0 radical (unpaired) electrons. The molecule has 42 heavy (non-hydrogen) atoms. The summed E-state index contributed by atoms with van der Waals surface area (Å²) >= 11 is 0. The van der Waals surface area contributed by atoms with Crippen molar-refractivity contribution in [2.75, 3.05) is 0 Å². The van der Waals surface area contributed by atoms with E-state index < -0.39 is 12.2 Å². The third kappa shape index (κ3) is 6.36. The summed E-state index contributed by atoms with van der Waals surface area (Å²) in [5.74, 6) is 2.37. The smallest absolute Gasteiger partial charge is 0.306 e. The highest BCUT2D eigenvalue weighted by Gasteiger charge is 2.57. The number of hydrogen-bond acceptors (Lipinski definition) is 6. The van der Waals surface area contributed by atoms with Gasteiger partial charge < -0.3 is 19.4 Å². The number of hydrogen-bond donors (Lipinski definition) is 2. The normalized spacial score (nSPS) is 33.9. The van der Waals surface area contributed by atoms with E-state index in [0.717, 1.165) is 67.7 Å². The molecular weight excluding hydrogens is 526 g/mol. The lowest BCUT2D eigenvalue weighted by Gasteiger charge is -2.44. The van der Waals surface area contributed by atoms with E-state index in [2.05, 4.69) is 44.5 Å². The molecule has 0 bridgehead atoms. The molecule has 2 N–H and O–H groups in total. The van der Waals surface area contributed by atoms with Gasteiger partial charge in [-0.1, -0.05) is 51.5 Å². The molecule has 0 unspecified atom stereocenters. The maximum absolute atomic E-state index is 12.8. The van der Waals surface area contributed by atoms with Gasteiger partial charge in [0.2, 0.25) is 5.89 Å². The summed E-state index contributed by atoms with van der Waals surface area (Å²) in [6.07, 6.45) is 17.9. The zero-order valence-electron chi connectivity index (χ0n) is 26.4. The second kappa shape index (κ2) is 12.8. The number of aliphatic hydroxyl groups excluding tert-OH is 2. The minimum absolute atomic E-state index is 0.0891. The van der Waals surface area contributed by atoms with Crippen molar-refractivity contribution in [3.8, 4) is 0 Å². The predicted molar refractivity (Wildman–Crippen MR) is 165 cm³/mol. The first-order valence-corrected chi connectivity index (χ1v) is 16.6. The number of nitrogens with zero attached hydrogens (tertiary/aromatic N) is 1. The van der Waals surface area contributed by atoms with Gasteiger partial charge in [-0.3, -0.25) is 4.79 Å². The topological polar surface area (TPSA) is 92.8 Å². The summed E-state index contributed by atoms with van der Waals surface area (Å²) in [5, 5.41) is 20.5. The zero-order chi connectivity index (χ0) is 30.1. The maximum atomic E-state index is 12.8. The molecule has 4 saturated carbocycles. The monoisotopic (exact) mass is 579 g/mol. The molecule has 6 nitrogen and oxygen atoms in total. The van der Waals surface area contributed by atoms with Crippen LogP contribution < -0.4 is 0 Å². The average Bonchev–Trinajstić information content (AvgIpc) is 3.51. The van der Waals surface area contributed by atoms with E-state index in [4.69, 9.17) is 9.15 Å². The van der Waals surface area contributed by atoms with Crippen molar-refractivity contribution < 1.29 is 24.2 Å². The fourth-order valence-corrected chi connectivity index (χ4v) is 8.67. The lowest BCUT2D eigenvalue weighted by atomic mass is 9.60. The van der Waals surface area contributed by atoms with Crippen LogP contribution in [0.3, 0.4) is 0 Å². The number of aliphatic hydroxyl groups is 2. The van der Waals surface area contributed by atoms with E-state index in [9.17, 15) is 15.0 Å². The van der Waals surface area contributed by atoms with Gasteiger partial charge in [0.15, 0.2) is 0 Å². The Morgan fingerprint density at radius 2 is 2.02 bits per heavy atom. The van der Waals surface area contributed by atoms with Crippen LogP contribution in [0, 0.1) is 30.1 Å². The number of aromatic nitrogens is 1. The van der Waals surface area contributed by atoms with Crippen LogP contribution >= 0.6 is 0 Å². The Balaban J connectivity index is 1.28. The Labute approximate surface area is 252 Å². The predicted octanol–water partition coefficient (Wildman–Crippen LogP) is 7.67. The first-order valence-electron chi connectivity index (χ1n) is 16.6. The van der Waals surface area contributed by atoms with Gasteiger partial charge in [0.05, 0.1) is 23.3 Å². The second-order valence-electron chi connectivity index (χ2n) is 14.3. The fraction of sp³-hybridized carbons (Fsp3) is 0.722. The Kier molecular flexibility index (Phi) is 9.54. The summed E-state index contributed by atoms with van der Waals surface area (Å²) in [5.41, 5.74) is 4.13. The lowest BCUT2D eigenvalue weighted by Crippen LogP contribution is -2.37. The molecule has 0 spiro atoms. The molecule has 5 rings (SSSR count). The number of allylic oxidation sites excluding steroid dienone is 3. The molecule has 0 aromatic carbocycles. The largest absolute Gasteiger partial charge is 0.461 e. The number of aryl methyl sites for hydroxylation is 1. The van der Waals surface area contributed by atoms with Gasteiger partial charge in [-0.2, -0.15) is 0 Å². The average molecular weight is 580 g/mol. The van der Waals surface area contributed by atoms with Gasteiger partial charge in [0, 0.05) is 12.8 Å². The van der Waals surface area contributed by atoms with E-state index >= 15 is 0 Å². The van der Waals surface area contributed by atoms with Crippen LogP contribution in [0.25, 0.3) is 0 Å². The Hall–Kier alpha value is -2.18. The highest BCUT2D eigenvalue weighted by molar-refractivity contribution is 5.69. The molecule has 6 heteroatoms. The quantitative estimate of drug-likeness (QED) is 0.261. The van der Waals surface area contributed by atoms with Crippen molar-refractivity contribution in [3.63, 3.8) is 0 Å². The van der Waals surface area contributed by atoms with Crippen molar-refractivity contribution >= 4 is 5.97 Å². The van der Waals surface area contributed by atoms with Crippen molar-refractivity contribution in [2.24, 2.45) is 23.2 Å². The fourth-order valence-electron chi connectivity index (χ4n) is 8.67. The number of ether oxygens (including phenoxy) is 1. The Morgan fingerprint density at radius 3 is 2.71 bits per heavy atom. The third-order valence-electron chi connectivity index (χ3n) is 11.3. The van der Waals surface area contributed by atoms with Gasteiger partial charge in [-0.25, -0.2) is 4.98 Å². The summed E-state index contributed by atoms with van der Waals surface area (Å²) < 4.78 is 12.1. The lowest BCUT2D eigenvalue weighted by molar-refractivity contribution is -0.152. The SMILES string of the molecule is C=C1/C(=C\C=C2/CCC[C@]3(C)[C@@H]([C@H](C)CC[C@@H](OC(=O)CCCC)C4(c5nc(C)co5)CC4)CC[C@@H]23)C[C@@H](O)C[C@@H]1O. The molecule has 4 fully saturated rings. The van der Waals surface area contributed by atoms with E-state index in [1.54, 1.807) is 6.26 Å². The van der Waals surface area contributed by atoms with Crippen LogP contribution in [-0.4, -0.2) is 39.5 Å². The summed E-state index contributed by atoms with van der Waals surface area (Å²) in [4.78, 5) is 17.5. The molecule has 7 atom stereocenters. The van der Waals surface area contributed by atoms with Gasteiger partial charge in [-0.05, 0) is 112 Å². The molecule has 1 heterocycles. The van der Waals surface area contributed by atoms with Gasteiger partial charge >= 0.3 is 5.97 Å². The molecule has 0 amide bonds.